The minimum atomic E-state index is -0.0494. The van der Waals surface area contributed by atoms with Crippen LogP contribution in [0.2, 0.25) is 0 Å². The number of para-hydroxylation sites is 1. The predicted molar refractivity (Wildman–Crippen MR) is 123 cm³/mol. The van der Waals surface area contributed by atoms with Crippen molar-refractivity contribution in [3.8, 4) is 11.1 Å². The lowest BCUT2D eigenvalue weighted by atomic mass is 10.0. The van der Waals surface area contributed by atoms with E-state index in [1.165, 1.54) is 11.8 Å². The number of aromatic nitrogens is 3. The molecule has 160 valence electrons. The maximum absolute atomic E-state index is 12.8. The summed E-state index contributed by atoms with van der Waals surface area (Å²) in [6.07, 6.45) is 2.28. The van der Waals surface area contributed by atoms with Crippen molar-refractivity contribution in [2.24, 2.45) is 0 Å². The molecule has 0 atom stereocenters. The topological polar surface area (TPSA) is 72.3 Å². The summed E-state index contributed by atoms with van der Waals surface area (Å²) >= 11 is 1.45. The van der Waals surface area contributed by atoms with Crippen molar-refractivity contribution >= 4 is 29.3 Å². The van der Waals surface area contributed by atoms with Crippen LogP contribution in [0, 0.1) is 0 Å². The van der Waals surface area contributed by atoms with Crippen molar-refractivity contribution in [1.82, 2.24) is 14.8 Å². The first-order valence-corrected chi connectivity index (χ1v) is 11.6. The predicted octanol–water partition coefficient (Wildman–Crippen LogP) is 3.85. The van der Waals surface area contributed by atoms with Gasteiger partial charge in [0.25, 0.3) is 0 Å². The van der Waals surface area contributed by atoms with Crippen molar-refractivity contribution in [3.05, 3.63) is 54.6 Å². The molecule has 2 fully saturated rings. The van der Waals surface area contributed by atoms with Crippen LogP contribution in [0.3, 0.4) is 0 Å². The molecule has 0 radical (unpaired) electrons. The summed E-state index contributed by atoms with van der Waals surface area (Å²) in [6.45, 7) is 3.07. The van der Waals surface area contributed by atoms with Crippen molar-refractivity contribution < 1.29 is 9.53 Å². The Labute approximate surface area is 185 Å². The zero-order valence-electron chi connectivity index (χ0n) is 17.2. The van der Waals surface area contributed by atoms with E-state index in [9.17, 15) is 4.79 Å². The molecule has 2 heterocycles. The first-order chi connectivity index (χ1) is 15.3. The smallest absolute Gasteiger partial charge is 0.234 e. The van der Waals surface area contributed by atoms with Crippen LogP contribution in [-0.4, -0.2) is 52.7 Å². The number of thioether (sulfide) groups is 1. The molecule has 2 aliphatic rings. The van der Waals surface area contributed by atoms with E-state index in [-0.39, 0.29) is 11.7 Å². The van der Waals surface area contributed by atoms with Crippen LogP contribution in [0.15, 0.2) is 59.8 Å². The molecule has 7 nitrogen and oxygen atoms in total. The normalized spacial score (nSPS) is 16.3. The van der Waals surface area contributed by atoms with Gasteiger partial charge in [0.1, 0.15) is 0 Å². The van der Waals surface area contributed by atoms with Gasteiger partial charge in [0, 0.05) is 30.4 Å². The number of nitrogens with one attached hydrogen (secondary N) is 1. The van der Waals surface area contributed by atoms with Crippen LogP contribution in [0.25, 0.3) is 11.1 Å². The summed E-state index contributed by atoms with van der Waals surface area (Å²) in [6, 6.07) is 18.4. The Hall–Kier alpha value is -2.84. The van der Waals surface area contributed by atoms with Crippen LogP contribution < -0.4 is 10.2 Å². The fourth-order valence-electron chi connectivity index (χ4n) is 3.78. The van der Waals surface area contributed by atoms with E-state index in [1.807, 2.05) is 54.6 Å². The maximum atomic E-state index is 12.8. The number of carbonyl (C=O) groups is 1. The van der Waals surface area contributed by atoms with E-state index < -0.39 is 0 Å². The highest BCUT2D eigenvalue weighted by atomic mass is 32.2. The molecular weight excluding hydrogens is 410 g/mol. The van der Waals surface area contributed by atoms with Crippen LogP contribution in [0.4, 0.5) is 11.6 Å². The van der Waals surface area contributed by atoms with Crippen LogP contribution >= 0.6 is 11.8 Å². The third-order valence-corrected chi connectivity index (χ3v) is 6.41. The van der Waals surface area contributed by atoms with Gasteiger partial charge in [0.2, 0.25) is 11.9 Å². The minimum absolute atomic E-state index is 0.0494. The first kappa shape index (κ1) is 20.1. The third-order valence-electron chi connectivity index (χ3n) is 5.47. The standard InChI is InChI=1S/C23H25N5O2S/c29-21(24-20-9-5-4-8-19(20)17-6-2-1-3-7-17)16-31-23-26-25-22(28(23)18-10-11-18)27-12-14-30-15-13-27/h1-9,18H,10-16H2,(H,24,29). The van der Waals surface area contributed by atoms with E-state index in [0.29, 0.717) is 19.3 Å². The minimum Gasteiger partial charge on any atom is -0.378 e. The Morgan fingerprint density at radius 1 is 1.03 bits per heavy atom. The summed E-state index contributed by atoms with van der Waals surface area (Å²) in [4.78, 5) is 15.0. The lowest BCUT2D eigenvalue weighted by Gasteiger charge is -2.27. The number of ether oxygens (including phenoxy) is 1. The van der Waals surface area contributed by atoms with Crippen molar-refractivity contribution in [2.75, 3.05) is 42.3 Å². The molecule has 0 unspecified atom stereocenters. The number of nitrogens with zero attached hydrogens (tertiary/aromatic N) is 4. The van der Waals surface area contributed by atoms with E-state index in [4.69, 9.17) is 4.74 Å². The molecule has 1 aliphatic heterocycles. The average Bonchev–Trinajstić information content (AvgIpc) is 3.58. The van der Waals surface area contributed by atoms with Gasteiger partial charge in [-0.1, -0.05) is 60.3 Å². The Bertz CT molecular complexity index is 1050. The summed E-state index contributed by atoms with van der Waals surface area (Å²) in [5.74, 6) is 1.15. The highest BCUT2D eigenvalue weighted by Crippen LogP contribution is 2.41. The second-order valence-electron chi connectivity index (χ2n) is 7.73. The highest BCUT2D eigenvalue weighted by molar-refractivity contribution is 7.99. The lowest BCUT2D eigenvalue weighted by Crippen LogP contribution is -2.38. The number of benzene rings is 2. The zero-order valence-corrected chi connectivity index (χ0v) is 18.1. The van der Waals surface area contributed by atoms with E-state index in [2.05, 4.69) is 25.0 Å². The Morgan fingerprint density at radius 3 is 2.55 bits per heavy atom. The second kappa shape index (κ2) is 9.11. The largest absolute Gasteiger partial charge is 0.378 e. The van der Waals surface area contributed by atoms with Crippen LogP contribution in [0.5, 0.6) is 0 Å². The molecule has 1 aliphatic carbocycles. The number of hydrogen-bond acceptors (Lipinski definition) is 6. The van der Waals surface area contributed by atoms with Gasteiger partial charge < -0.3 is 15.0 Å². The molecule has 31 heavy (non-hydrogen) atoms. The molecule has 8 heteroatoms. The summed E-state index contributed by atoms with van der Waals surface area (Å²) < 4.78 is 7.67. The van der Waals surface area contributed by atoms with Gasteiger partial charge in [-0.25, -0.2) is 0 Å². The van der Waals surface area contributed by atoms with Gasteiger partial charge in [-0.2, -0.15) is 0 Å². The Morgan fingerprint density at radius 2 is 1.77 bits per heavy atom. The molecule has 0 spiro atoms. The second-order valence-corrected chi connectivity index (χ2v) is 8.67. The number of hydrogen-bond donors (Lipinski definition) is 1. The van der Waals surface area contributed by atoms with Gasteiger partial charge in [-0.3, -0.25) is 9.36 Å². The summed E-state index contributed by atoms with van der Waals surface area (Å²) in [5.41, 5.74) is 2.91. The van der Waals surface area contributed by atoms with Gasteiger partial charge in [-0.05, 0) is 24.5 Å². The quantitative estimate of drug-likeness (QED) is 0.569. The van der Waals surface area contributed by atoms with Crippen molar-refractivity contribution in [3.63, 3.8) is 0 Å². The fourth-order valence-corrected chi connectivity index (χ4v) is 4.58. The maximum Gasteiger partial charge on any atom is 0.234 e. The van der Waals surface area contributed by atoms with Crippen LogP contribution in [0.1, 0.15) is 18.9 Å². The van der Waals surface area contributed by atoms with E-state index in [0.717, 1.165) is 53.9 Å². The van der Waals surface area contributed by atoms with Gasteiger partial charge in [0.05, 0.1) is 19.0 Å². The number of anilines is 2. The van der Waals surface area contributed by atoms with Crippen molar-refractivity contribution in [1.29, 1.82) is 0 Å². The molecule has 2 aromatic carbocycles. The Balaban J connectivity index is 1.27. The highest BCUT2D eigenvalue weighted by Gasteiger charge is 2.32. The molecule has 1 N–H and O–H groups in total. The molecule has 1 aromatic heterocycles. The molecule has 1 saturated carbocycles. The van der Waals surface area contributed by atoms with Gasteiger partial charge in [-0.15, -0.1) is 10.2 Å². The number of rotatable bonds is 7. The number of carbonyl (C=O) groups excluding carboxylic acids is 1. The van der Waals surface area contributed by atoms with Gasteiger partial charge >= 0.3 is 0 Å². The molecule has 1 saturated heterocycles. The average molecular weight is 436 g/mol. The summed E-state index contributed by atoms with van der Waals surface area (Å²) in [5, 5.41) is 12.7. The van der Waals surface area contributed by atoms with E-state index in [1.54, 1.807) is 0 Å². The number of morpholine rings is 1. The molecule has 3 aromatic rings. The first-order valence-electron chi connectivity index (χ1n) is 10.6. The van der Waals surface area contributed by atoms with Crippen LogP contribution in [-0.2, 0) is 9.53 Å². The molecule has 5 rings (SSSR count). The zero-order chi connectivity index (χ0) is 21.0. The number of amides is 1. The molecule has 0 bridgehead atoms. The molecule has 1 amide bonds. The van der Waals surface area contributed by atoms with Crippen molar-refractivity contribution in [2.45, 2.75) is 24.0 Å². The SMILES string of the molecule is O=C(CSc1nnc(N2CCOCC2)n1C1CC1)Nc1ccccc1-c1ccccc1. The third kappa shape index (κ3) is 4.60. The summed E-state index contributed by atoms with van der Waals surface area (Å²) in [7, 11) is 0. The van der Waals surface area contributed by atoms with Gasteiger partial charge in [0.15, 0.2) is 5.16 Å². The van der Waals surface area contributed by atoms with E-state index >= 15 is 0 Å². The molecular formula is C23H25N5O2S. The lowest BCUT2D eigenvalue weighted by molar-refractivity contribution is -0.113. The Kier molecular flexibility index (Phi) is 5.90. The monoisotopic (exact) mass is 435 g/mol. The fraction of sp³-hybridized carbons (Fsp3) is 0.348.